The summed E-state index contributed by atoms with van der Waals surface area (Å²) in [5.41, 5.74) is 2.68. The zero-order valence-corrected chi connectivity index (χ0v) is 12.3. The fourth-order valence-corrected chi connectivity index (χ4v) is 2.88. The summed E-state index contributed by atoms with van der Waals surface area (Å²) in [4.78, 5) is 12.3. The second-order valence-corrected chi connectivity index (χ2v) is 5.64. The molecule has 4 heteroatoms. The molecule has 2 aliphatic rings. The van der Waals surface area contributed by atoms with E-state index in [0.29, 0.717) is 30.9 Å². The van der Waals surface area contributed by atoms with E-state index in [9.17, 15) is 4.79 Å². The third-order valence-corrected chi connectivity index (χ3v) is 4.02. The molecule has 2 aromatic rings. The van der Waals surface area contributed by atoms with Crippen molar-refractivity contribution >= 4 is 5.78 Å². The Balaban J connectivity index is 1.68. The molecule has 0 fully saturated rings. The summed E-state index contributed by atoms with van der Waals surface area (Å²) in [5, 5.41) is 0. The van der Waals surface area contributed by atoms with Gasteiger partial charge in [0.1, 0.15) is 25.1 Å². The number of carbonyl (C=O) groups is 1. The fraction of sp³-hybridized carbons (Fsp3) is 0.278. The number of ether oxygens (including phenoxy) is 3. The molecule has 0 N–H and O–H groups in total. The molecule has 0 radical (unpaired) electrons. The van der Waals surface area contributed by atoms with Crippen LogP contribution in [0.25, 0.3) is 0 Å². The summed E-state index contributed by atoms with van der Waals surface area (Å²) in [6, 6.07) is 11.4. The predicted molar refractivity (Wildman–Crippen MR) is 80.9 cm³/mol. The molecule has 1 atom stereocenters. The van der Waals surface area contributed by atoms with Gasteiger partial charge in [-0.05, 0) is 42.3 Å². The number of ketones is 1. The lowest BCUT2D eigenvalue weighted by Gasteiger charge is -2.27. The quantitative estimate of drug-likeness (QED) is 0.808. The van der Waals surface area contributed by atoms with Gasteiger partial charge in [-0.2, -0.15) is 0 Å². The Morgan fingerprint density at radius 1 is 0.955 bits per heavy atom. The van der Waals surface area contributed by atoms with E-state index in [1.807, 2.05) is 43.3 Å². The second kappa shape index (κ2) is 5.05. The van der Waals surface area contributed by atoms with Gasteiger partial charge in [0.25, 0.3) is 0 Å². The highest BCUT2D eigenvalue weighted by Crippen LogP contribution is 2.39. The summed E-state index contributed by atoms with van der Waals surface area (Å²) in [6.45, 7) is 3.10. The van der Waals surface area contributed by atoms with Gasteiger partial charge in [0.2, 0.25) is 0 Å². The van der Waals surface area contributed by atoms with Gasteiger partial charge in [0.05, 0.1) is 12.0 Å². The highest BCUT2D eigenvalue weighted by atomic mass is 16.6. The van der Waals surface area contributed by atoms with Gasteiger partial charge in [-0.3, -0.25) is 4.79 Å². The van der Waals surface area contributed by atoms with Crippen LogP contribution in [-0.4, -0.2) is 19.0 Å². The standard InChI is InChI=1S/C18H16O4/c1-11-2-4-13-14(19)10-16(22-17(13)8-11)12-3-5-15-18(9-12)21-7-6-20-15/h2-5,8-9,16H,6-7,10H2,1H3/t16-/m0/s1. The molecule has 22 heavy (non-hydrogen) atoms. The average Bonchev–Trinajstić information content (AvgIpc) is 2.54. The Hall–Kier alpha value is -2.49. The maximum atomic E-state index is 12.3. The number of hydrogen-bond donors (Lipinski definition) is 0. The number of carbonyl (C=O) groups excluding carboxylic acids is 1. The molecule has 0 saturated carbocycles. The lowest BCUT2D eigenvalue weighted by atomic mass is 9.95. The van der Waals surface area contributed by atoms with E-state index in [1.165, 1.54) is 0 Å². The SMILES string of the molecule is Cc1ccc2c(c1)O[C@H](c1ccc3c(c1)OCCO3)CC2=O. The maximum Gasteiger partial charge on any atom is 0.170 e. The van der Waals surface area contributed by atoms with Crippen molar-refractivity contribution in [2.24, 2.45) is 0 Å². The van der Waals surface area contributed by atoms with Gasteiger partial charge in [-0.15, -0.1) is 0 Å². The topological polar surface area (TPSA) is 44.8 Å². The average molecular weight is 296 g/mol. The molecule has 4 rings (SSSR count). The maximum absolute atomic E-state index is 12.3. The number of aryl methyl sites for hydroxylation is 1. The number of fused-ring (bicyclic) bond motifs is 2. The van der Waals surface area contributed by atoms with Crippen LogP contribution in [0.4, 0.5) is 0 Å². The van der Waals surface area contributed by atoms with Crippen LogP contribution in [0.3, 0.4) is 0 Å². The Bertz CT molecular complexity index is 751. The minimum absolute atomic E-state index is 0.112. The molecule has 0 spiro atoms. The van der Waals surface area contributed by atoms with Gasteiger partial charge in [-0.25, -0.2) is 0 Å². The zero-order chi connectivity index (χ0) is 15.1. The molecule has 2 aromatic carbocycles. The van der Waals surface area contributed by atoms with Crippen LogP contribution in [0, 0.1) is 6.92 Å². The van der Waals surface area contributed by atoms with Crippen LogP contribution in [0.1, 0.15) is 34.0 Å². The molecular formula is C18H16O4. The number of Topliss-reactive ketones (excluding diaryl/α,β-unsaturated/α-hetero) is 1. The Morgan fingerprint density at radius 3 is 2.64 bits per heavy atom. The molecule has 0 amide bonds. The minimum Gasteiger partial charge on any atom is -0.486 e. The van der Waals surface area contributed by atoms with Crippen molar-refractivity contribution in [2.45, 2.75) is 19.4 Å². The molecule has 0 unspecified atom stereocenters. The predicted octanol–water partition coefficient (Wildman–Crippen LogP) is 3.47. The van der Waals surface area contributed by atoms with Gasteiger partial charge < -0.3 is 14.2 Å². The van der Waals surface area contributed by atoms with Crippen molar-refractivity contribution in [3.63, 3.8) is 0 Å². The molecule has 4 nitrogen and oxygen atoms in total. The van der Waals surface area contributed by atoms with E-state index >= 15 is 0 Å². The van der Waals surface area contributed by atoms with Crippen LogP contribution < -0.4 is 14.2 Å². The number of hydrogen-bond acceptors (Lipinski definition) is 4. The molecule has 0 bridgehead atoms. The molecular weight excluding hydrogens is 280 g/mol. The number of rotatable bonds is 1. The van der Waals surface area contributed by atoms with E-state index in [1.54, 1.807) is 0 Å². The number of benzene rings is 2. The van der Waals surface area contributed by atoms with Crippen LogP contribution in [0.5, 0.6) is 17.2 Å². The van der Waals surface area contributed by atoms with Crippen LogP contribution >= 0.6 is 0 Å². The van der Waals surface area contributed by atoms with E-state index in [0.717, 1.165) is 22.6 Å². The lowest BCUT2D eigenvalue weighted by molar-refractivity contribution is 0.0849. The second-order valence-electron chi connectivity index (χ2n) is 5.64. The normalized spacial score (nSPS) is 19.3. The first-order valence-corrected chi connectivity index (χ1v) is 7.41. The largest absolute Gasteiger partial charge is 0.486 e. The van der Waals surface area contributed by atoms with Crippen LogP contribution in [-0.2, 0) is 0 Å². The van der Waals surface area contributed by atoms with Crippen molar-refractivity contribution in [2.75, 3.05) is 13.2 Å². The summed E-state index contributed by atoms with van der Waals surface area (Å²) in [6.07, 6.45) is 0.0630. The molecule has 0 aliphatic carbocycles. The van der Waals surface area contributed by atoms with Gasteiger partial charge in [0.15, 0.2) is 17.3 Å². The first kappa shape index (κ1) is 13.2. The van der Waals surface area contributed by atoms with Gasteiger partial charge in [-0.1, -0.05) is 12.1 Å². The lowest BCUT2D eigenvalue weighted by Crippen LogP contribution is -2.21. The first-order chi connectivity index (χ1) is 10.7. The third kappa shape index (κ3) is 2.21. The Labute approximate surface area is 128 Å². The monoisotopic (exact) mass is 296 g/mol. The summed E-state index contributed by atoms with van der Waals surface area (Å²) in [7, 11) is 0. The third-order valence-electron chi connectivity index (χ3n) is 4.02. The highest BCUT2D eigenvalue weighted by molar-refractivity contribution is 6.00. The van der Waals surface area contributed by atoms with E-state index in [4.69, 9.17) is 14.2 Å². The van der Waals surface area contributed by atoms with Crippen molar-refractivity contribution in [3.05, 3.63) is 53.1 Å². The van der Waals surface area contributed by atoms with Crippen LogP contribution in [0.15, 0.2) is 36.4 Å². The smallest absolute Gasteiger partial charge is 0.170 e. The van der Waals surface area contributed by atoms with E-state index < -0.39 is 0 Å². The molecule has 0 saturated heterocycles. The minimum atomic E-state index is -0.280. The van der Waals surface area contributed by atoms with E-state index in [2.05, 4.69) is 0 Å². The molecule has 2 heterocycles. The summed E-state index contributed by atoms with van der Waals surface area (Å²) < 4.78 is 17.2. The van der Waals surface area contributed by atoms with Crippen molar-refractivity contribution in [1.29, 1.82) is 0 Å². The molecule has 2 aliphatic heterocycles. The molecule has 0 aromatic heterocycles. The van der Waals surface area contributed by atoms with Crippen molar-refractivity contribution in [3.8, 4) is 17.2 Å². The van der Waals surface area contributed by atoms with E-state index in [-0.39, 0.29) is 11.9 Å². The molecule has 112 valence electrons. The van der Waals surface area contributed by atoms with Gasteiger partial charge in [0, 0.05) is 0 Å². The summed E-state index contributed by atoms with van der Waals surface area (Å²) >= 11 is 0. The fourth-order valence-electron chi connectivity index (χ4n) is 2.88. The van der Waals surface area contributed by atoms with Crippen LogP contribution in [0.2, 0.25) is 0 Å². The zero-order valence-electron chi connectivity index (χ0n) is 12.3. The Kier molecular flexibility index (Phi) is 3.03. The Morgan fingerprint density at radius 2 is 1.77 bits per heavy atom. The van der Waals surface area contributed by atoms with Gasteiger partial charge >= 0.3 is 0 Å². The highest BCUT2D eigenvalue weighted by Gasteiger charge is 2.28. The van der Waals surface area contributed by atoms with Crippen molar-refractivity contribution in [1.82, 2.24) is 0 Å². The summed E-state index contributed by atoms with van der Waals surface area (Å²) in [5.74, 6) is 2.24. The first-order valence-electron chi connectivity index (χ1n) is 7.41. The van der Waals surface area contributed by atoms with Crippen molar-refractivity contribution < 1.29 is 19.0 Å².